The Morgan fingerprint density at radius 1 is 1.00 bits per heavy atom. The van der Waals surface area contributed by atoms with Gasteiger partial charge in [-0.2, -0.15) is 18.2 Å². The molecule has 0 spiro atoms. The average molecular weight is 617 g/mol. The Labute approximate surface area is 259 Å². The van der Waals surface area contributed by atoms with Crippen molar-refractivity contribution in [3.05, 3.63) is 35.5 Å². The largest absolute Gasteiger partial charge is 0.421 e. The molecule has 0 atom stereocenters. The third kappa shape index (κ3) is 8.32. The molecule has 1 aromatic heterocycles. The number of carbonyl (C=O) groups excluding carboxylic acids is 1. The predicted octanol–water partition coefficient (Wildman–Crippen LogP) is 5.22. The normalized spacial score (nSPS) is 19.7. The molecule has 0 unspecified atom stereocenters. The van der Waals surface area contributed by atoms with Crippen LogP contribution in [0.2, 0.25) is 0 Å². The van der Waals surface area contributed by atoms with Crippen LogP contribution in [0.15, 0.2) is 24.4 Å². The highest BCUT2D eigenvalue weighted by Gasteiger charge is 2.35. The van der Waals surface area contributed by atoms with E-state index in [-0.39, 0.29) is 24.2 Å². The van der Waals surface area contributed by atoms with Gasteiger partial charge >= 0.3 is 6.18 Å². The van der Waals surface area contributed by atoms with Gasteiger partial charge in [0.05, 0.1) is 0 Å². The van der Waals surface area contributed by atoms with Crippen LogP contribution in [-0.2, 0) is 17.4 Å². The standard InChI is InChI=1S/C32H47F3N8O/c1-3-24-22-26(41-16-11-25(12-17-41)42-20-18-40(2)19-21-42)9-10-28(24)38-31-37-23-27(32(33,34)35)30(39-31)36-13-7-15-43-14-6-4-5-8-29(43)44/h9-10,22-23,25H,3-8,11-21H2,1-2H3,(H2,36,37,38,39). The van der Waals surface area contributed by atoms with Crippen LogP contribution in [-0.4, -0.2) is 103 Å². The van der Waals surface area contributed by atoms with E-state index in [1.54, 1.807) is 0 Å². The fraction of sp³-hybridized carbons (Fsp3) is 0.656. The Hall–Kier alpha value is -3.12. The number of alkyl halides is 3. The van der Waals surface area contributed by atoms with Crippen molar-refractivity contribution in [1.82, 2.24) is 24.7 Å². The molecule has 3 aliphatic rings. The van der Waals surface area contributed by atoms with Crippen molar-refractivity contribution in [3.63, 3.8) is 0 Å². The highest BCUT2D eigenvalue weighted by atomic mass is 19.4. The van der Waals surface area contributed by atoms with Crippen LogP contribution in [0.3, 0.4) is 0 Å². The molecule has 4 heterocycles. The van der Waals surface area contributed by atoms with Crippen LogP contribution in [0.25, 0.3) is 0 Å². The van der Waals surface area contributed by atoms with Gasteiger partial charge in [-0.3, -0.25) is 9.69 Å². The highest BCUT2D eigenvalue weighted by molar-refractivity contribution is 5.76. The predicted molar refractivity (Wildman–Crippen MR) is 169 cm³/mol. The first kappa shape index (κ1) is 32.3. The molecule has 5 rings (SSSR count). The van der Waals surface area contributed by atoms with E-state index in [0.717, 1.165) is 95.2 Å². The minimum Gasteiger partial charge on any atom is -0.371 e. The van der Waals surface area contributed by atoms with E-state index in [4.69, 9.17) is 0 Å². The van der Waals surface area contributed by atoms with Gasteiger partial charge in [0.15, 0.2) is 0 Å². The fourth-order valence-corrected chi connectivity index (χ4v) is 6.52. The summed E-state index contributed by atoms with van der Waals surface area (Å²) in [6, 6.07) is 6.87. The lowest BCUT2D eigenvalue weighted by atomic mass is 10.0. The Kier molecular flexibility index (Phi) is 10.8. The van der Waals surface area contributed by atoms with Gasteiger partial charge in [-0.15, -0.1) is 0 Å². The zero-order valence-electron chi connectivity index (χ0n) is 26.1. The molecule has 3 fully saturated rings. The maximum atomic E-state index is 13.8. The lowest BCUT2D eigenvalue weighted by molar-refractivity contribution is -0.137. The van der Waals surface area contributed by atoms with E-state index in [1.807, 2.05) is 11.0 Å². The van der Waals surface area contributed by atoms with Crippen LogP contribution >= 0.6 is 0 Å². The minimum atomic E-state index is -4.59. The Bertz CT molecular complexity index is 1240. The molecule has 0 radical (unpaired) electrons. The van der Waals surface area contributed by atoms with Gasteiger partial charge < -0.3 is 25.3 Å². The molecular formula is C32H47F3N8O. The summed E-state index contributed by atoms with van der Waals surface area (Å²) in [5.74, 6) is -0.0198. The average Bonchev–Trinajstić information content (AvgIpc) is 3.23. The second-order valence-corrected chi connectivity index (χ2v) is 12.3. The fourth-order valence-electron chi connectivity index (χ4n) is 6.52. The lowest BCUT2D eigenvalue weighted by Crippen LogP contribution is -2.52. The summed E-state index contributed by atoms with van der Waals surface area (Å²) >= 11 is 0. The van der Waals surface area contributed by atoms with Crippen LogP contribution in [0, 0.1) is 0 Å². The molecule has 2 N–H and O–H groups in total. The smallest absolute Gasteiger partial charge is 0.371 e. The van der Waals surface area contributed by atoms with E-state index in [0.29, 0.717) is 32.0 Å². The number of amides is 1. The number of nitrogens with one attached hydrogen (secondary N) is 2. The summed E-state index contributed by atoms with van der Waals surface area (Å²) in [5, 5.41) is 6.03. The number of piperazine rings is 1. The number of likely N-dealkylation sites (tertiary alicyclic amines) is 1. The third-order valence-electron chi connectivity index (χ3n) is 9.26. The van der Waals surface area contributed by atoms with E-state index in [2.05, 4.69) is 61.4 Å². The van der Waals surface area contributed by atoms with Gasteiger partial charge in [0, 0.05) is 88.9 Å². The minimum absolute atomic E-state index is 0.110. The number of benzene rings is 1. The molecule has 9 nitrogen and oxygen atoms in total. The molecular weight excluding hydrogens is 569 g/mol. The van der Waals surface area contributed by atoms with Gasteiger partial charge in [-0.05, 0) is 69.3 Å². The number of likely N-dealkylation sites (N-methyl/N-ethyl adjacent to an activating group) is 1. The summed E-state index contributed by atoms with van der Waals surface area (Å²) in [7, 11) is 2.19. The number of hydrogen-bond acceptors (Lipinski definition) is 8. The zero-order chi connectivity index (χ0) is 31.1. The first-order valence-electron chi connectivity index (χ1n) is 16.2. The molecule has 3 aliphatic heterocycles. The van der Waals surface area contributed by atoms with Crippen molar-refractivity contribution in [2.75, 3.05) is 81.5 Å². The van der Waals surface area contributed by atoms with Crippen LogP contribution in [0.1, 0.15) is 63.0 Å². The first-order valence-corrected chi connectivity index (χ1v) is 16.2. The van der Waals surface area contributed by atoms with Gasteiger partial charge in [0.25, 0.3) is 0 Å². The SMILES string of the molecule is CCc1cc(N2CCC(N3CCN(C)CC3)CC2)ccc1Nc1ncc(C(F)(F)F)c(NCCCN2CCCCCC2=O)n1. The molecule has 2 aromatic rings. The number of carbonyl (C=O) groups is 1. The number of halogens is 3. The molecule has 0 aliphatic carbocycles. The summed E-state index contributed by atoms with van der Waals surface area (Å²) in [5.41, 5.74) is 2.11. The van der Waals surface area contributed by atoms with Crippen LogP contribution < -0.4 is 15.5 Å². The van der Waals surface area contributed by atoms with Gasteiger partial charge in [0.1, 0.15) is 11.4 Å². The van der Waals surface area contributed by atoms with E-state index >= 15 is 0 Å². The van der Waals surface area contributed by atoms with Crippen molar-refractivity contribution >= 4 is 29.0 Å². The second kappa shape index (κ2) is 14.8. The quantitative estimate of drug-likeness (QED) is 0.352. The molecule has 242 valence electrons. The number of aromatic nitrogens is 2. The maximum Gasteiger partial charge on any atom is 0.421 e. The number of aryl methyl sites for hydroxylation is 1. The van der Waals surface area contributed by atoms with E-state index in [1.165, 1.54) is 5.69 Å². The highest BCUT2D eigenvalue weighted by Crippen LogP contribution is 2.35. The van der Waals surface area contributed by atoms with Gasteiger partial charge in [-0.25, -0.2) is 4.98 Å². The summed E-state index contributed by atoms with van der Waals surface area (Å²) in [6.07, 6.45) is 3.28. The van der Waals surface area contributed by atoms with Crippen LogP contribution in [0.4, 0.5) is 36.3 Å². The van der Waals surface area contributed by atoms with Crippen LogP contribution in [0.5, 0.6) is 0 Å². The summed E-state index contributed by atoms with van der Waals surface area (Å²) in [6.45, 7) is 10.1. The number of nitrogens with zero attached hydrogens (tertiary/aromatic N) is 6. The number of piperidine rings is 1. The Morgan fingerprint density at radius 2 is 1.77 bits per heavy atom. The topological polar surface area (TPSA) is 79.9 Å². The third-order valence-corrected chi connectivity index (χ3v) is 9.26. The Morgan fingerprint density at radius 3 is 2.50 bits per heavy atom. The molecule has 0 bridgehead atoms. The monoisotopic (exact) mass is 616 g/mol. The molecule has 12 heteroatoms. The van der Waals surface area contributed by atoms with Crippen molar-refractivity contribution in [3.8, 4) is 0 Å². The maximum absolute atomic E-state index is 13.8. The van der Waals surface area contributed by atoms with E-state index < -0.39 is 11.7 Å². The molecule has 0 saturated carbocycles. The lowest BCUT2D eigenvalue weighted by Gasteiger charge is -2.42. The number of anilines is 4. The van der Waals surface area contributed by atoms with Crippen molar-refractivity contribution < 1.29 is 18.0 Å². The molecule has 1 aromatic carbocycles. The molecule has 44 heavy (non-hydrogen) atoms. The summed E-state index contributed by atoms with van der Waals surface area (Å²) in [4.78, 5) is 29.8. The van der Waals surface area contributed by atoms with Gasteiger partial charge in [-0.1, -0.05) is 13.3 Å². The van der Waals surface area contributed by atoms with Crippen molar-refractivity contribution in [2.24, 2.45) is 0 Å². The summed E-state index contributed by atoms with van der Waals surface area (Å²) < 4.78 is 41.4. The first-order chi connectivity index (χ1) is 21.2. The van der Waals surface area contributed by atoms with Gasteiger partial charge in [0.2, 0.25) is 11.9 Å². The number of hydrogen-bond donors (Lipinski definition) is 2. The second-order valence-electron chi connectivity index (χ2n) is 12.3. The van der Waals surface area contributed by atoms with Crippen molar-refractivity contribution in [1.29, 1.82) is 0 Å². The van der Waals surface area contributed by atoms with E-state index in [9.17, 15) is 18.0 Å². The Balaban J connectivity index is 1.21. The zero-order valence-corrected chi connectivity index (χ0v) is 26.1. The molecule has 3 saturated heterocycles. The number of rotatable bonds is 10. The van der Waals surface area contributed by atoms with Crippen molar-refractivity contribution in [2.45, 2.75) is 70.5 Å². The molecule has 1 amide bonds.